The zero-order valence-corrected chi connectivity index (χ0v) is 18.9. The topological polar surface area (TPSA) is 9.23 Å². The molecule has 0 heterocycles. The molecule has 0 aromatic heterocycles. The van der Waals surface area contributed by atoms with Crippen molar-refractivity contribution in [2.45, 2.75) is 103 Å². The van der Waals surface area contributed by atoms with Gasteiger partial charge in [0.2, 0.25) is 0 Å². The van der Waals surface area contributed by atoms with Crippen LogP contribution in [0.1, 0.15) is 109 Å². The molecule has 3 rings (SSSR count). The quantitative estimate of drug-likeness (QED) is 0.326. The molecular formula is C28H42O. The van der Waals surface area contributed by atoms with E-state index in [1.54, 1.807) is 5.56 Å². The number of benzene rings is 2. The van der Waals surface area contributed by atoms with Crippen LogP contribution in [-0.4, -0.2) is 6.61 Å². The Bertz CT molecular complexity index is 711. The van der Waals surface area contributed by atoms with Gasteiger partial charge in [-0.2, -0.15) is 0 Å². The lowest BCUT2D eigenvalue weighted by Gasteiger charge is -2.29. The molecule has 0 atom stereocenters. The maximum atomic E-state index is 5.93. The van der Waals surface area contributed by atoms with Gasteiger partial charge in [0.1, 0.15) is 5.75 Å². The molecule has 0 spiro atoms. The van der Waals surface area contributed by atoms with Gasteiger partial charge in [-0.3, -0.25) is 0 Å². The second-order valence-electron chi connectivity index (χ2n) is 9.24. The van der Waals surface area contributed by atoms with E-state index in [1.165, 1.54) is 87.8 Å². The Labute approximate surface area is 179 Å². The van der Waals surface area contributed by atoms with Crippen LogP contribution in [0.2, 0.25) is 0 Å². The molecule has 2 aromatic rings. The van der Waals surface area contributed by atoms with Gasteiger partial charge >= 0.3 is 0 Å². The number of hydrogen-bond acceptors (Lipinski definition) is 1. The summed E-state index contributed by atoms with van der Waals surface area (Å²) >= 11 is 0. The van der Waals surface area contributed by atoms with E-state index in [1.807, 2.05) is 0 Å². The molecule has 1 fully saturated rings. The maximum Gasteiger partial charge on any atom is 0.119 e. The van der Waals surface area contributed by atoms with Gasteiger partial charge in [-0.15, -0.1) is 0 Å². The smallest absolute Gasteiger partial charge is 0.119 e. The first-order chi connectivity index (χ1) is 14.3. The van der Waals surface area contributed by atoms with Crippen molar-refractivity contribution in [1.29, 1.82) is 0 Å². The molecule has 1 nitrogen and oxygen atoms in total. The average molecular weight is 395 g/mol. The van der Waals surface area contributed by atoms with Crippen molar-refractivity contribution in [3.63, 3.8) is 0 Å². The van der Waals surface area contributed by atoms with Gasteiger partial charge in [0.25, 0.3) is 0 Å². The summed E-state index contributed by atoms with van der Waals surface area (Å²) < 4.78 is 5.93. The van der Waals surface area contributed by atoms with Gasteiger partial charge in [0, 0.05) is 0 Å². The molecule has 0 unspecified atom stereocenters. The third-order valence-electron chi connectivity index (χ3n) is 6.89. The minimum Gasteiger partial charge on any atom is -0.494 e. The molecule has 1 saturated carbocycles. The fraction of sp³-hybridized carbons (Fsp3) is 0.643. The molecule has 0 amide bonds. The molecule has 0 aliphatic heterocycles. The van der Waals surface area contributed by atoms with Crippen LogP contribution < -0.4 is 4.74 Å². The molecule has 1 heteroatoms. The van der Waals surface area contributed by atoms with Crippen LogP contribution in [-0.2, 0) is 0 Å². The minimum absolute atomic E-state index is 0.765. The van der Waals surface area contributed by atoms with Crippen molar-refractivity contribution in [3.8, 4) is 5.75 Å². The molecule has 1 aliphatic carbocycles. The number of unbranched alkanes of at least 4 members (excludes halogenated alkanes) is 6. The van der Waals surface area contributed by atoms with Crippen molar-refractivity contribution in [3.05, 3.63) is 42.0 Å². The highest BCUT2D eigenvalue weighted by Crippen LogP contribution is 2.38. The summed E-state index contributed by atoms with van der Waals surface area (Å²) in [6.07, 6.45) is 17.8. The number of fused-ring (bicyclic) bond motifs is 1. The molecule has 29 heavy (non-hydrogen) atoms. The SMILES string of the molecule is CCCCCCCC1CCC(c2ccc3cc(OCCCCC)ccc3c2)CC1. The Balaban J connectivity index is 1.48. The highest BCUT2D eigenvalue weighted by Gasteiger charge is 2.22. The summed E-state index contributed by atoms with van der Waals surface area (Å²) in [5.41, 5.74) is 1.55. The standard InChI is InChI=1S/C28H42O/c1-3-5-7-8-9-11-23-12-14-24(15-13-23)25-16-17-27-22-28(19-18-26(27)21-25)29-20-10-6-4-2/h16-19,21-24H,3-15,20H2,1-2H3. The Morgan fingerprint density at radius 3 is 2.21 bits per heavy atom. The molecule has 0 N–H and O–H groups in total. The Hall–Kier alpha value is -1.50. The van der Waals surface area contributed by atoms with E-state index in [0.717, 1.165) is 30.6 Å². The van der Waals surface area contributed by atoms with Gasteiger partial charge in [-0.25, -0.2) is 0 Å². The number of rotatable bonds is 12. The average Bonchev–Trinajstić information content (AvgIpc) is 2.76. The van der Waals surface area contributed by atoms with Gasteiger partial charge in [-0.05, 0) is 72.4 Å². The predicted octanol–water partition coefficient (Wildman–Crippen LogP) is 9.04. The summed E-state index contributed by atoms with van der Waals surface area (Å²) in [7, 11) is 0. The van der Waals surface area contributed by atoms with Crippen LogP contribution in [0.3, 0.4) is 0 Å². The van der Waals surface area contributed by atoms with Crippen molar-refractivity contribution in [2.24, 2.45) is 5.92 Å². The van der Waals surface area contributed by atoms with Gasteiger partial charge in [0.15, 0.2) is 0 Å². The van der Waals surface area contributed by atoms with E-state index in [9.17, 15) is 0 Å². The maximum absolute atomic E-state index is 5.93. The largest absolute Gasteiger partial charge is 0.494 e. The van der Waals surface area contributed by atoms with Gasteiger partial charge < -0.3 is 4.74 Å². The first-order valence-corrected chi connectivity index (χ1v) is 12.5. The summed E-state index contributed by atoms with van der Waals surface area (Å²) in [5.74, 6) is 2.77. The summed E-state index contributed by atoms with van der Waals surface area (Å²) in [6, 6.07) is 13.7. The second-order valence-corrected chi connectivity index (χ2v) is 9.24. The van der Waals surface area contributed by atoms with E-state index in [-0.39, 0.29) is 0 Å². The minimum atomic E-state index is 0.765. The summed E-state index contributed by atoms with van der Waals surface area (Å²) in [5, 5.41) is 2.67. The van der Waals surface area contributed by atoms with Crippen LogP contribution in [0.5, 0.6) is 5.75 Å². The van der Waals surface area contributed by atoms with Crippen molar-refractivity contribution >= 4 is 10.8 Å². The van der Waals surface area contributed by atoms with Crippen molar-refractivity contribution in [1.82, 2.24) is 0 Å². The number of ether oxygens (including phenoxy) is 1. The molecule has 0 bridgehead atoms. The van der Waals surface area contributed by atoms with Crippen LogP contribution in [0.25, 0.3) is 10.8 Å². The molecule has 2 aromatic carbocycles. The lowest BCUT2D eigenvalue weighted by Crippen LogP contribution is -2.13. The van der Waals surface area contributed by atoms with Gasteiger partial charge in [0.05, 0.1) is 6.61 Å². The number of hydrogen-bond donors (Lipinski definition) is 0. The first kappa shape index (κ1) is 22.2. The lowest BCUT2D eigenvalue weighted by molar-refractivity contribution is 0.302. The molecule has 160 valence electrons. The molecule has 0 saturated heterocycles. The molecule has 0 radical (unpaired) electrons. The van der Waals surface area contributed by atoms with Crippen LogP contribution in [0, 0.1) is 5.92 Å². The Kier molecular flexibility index (Phi) is 9.38. The first-order valence-electron chi connectivity index (χ1n) is 12.5. The molecular weight excluding hydrogens is 352 g/mol. The van der Waals surface area contributed by atoms with E-state index in [2.05, 4.69) is 50.2 Å². The zero-order chi connectivity index (χ0) is 20.3. The predicted molar refractivity (Wildman–Crippen MR) is 127 cm³/mol. The normalized spacial score (nSPS) is 19.5. The van der Waals surface area contributed by atoms with Crippen molar-refractivity contribution in [2.75, 3.05) is 6.61 Å². The van der Waals surface area contributed by atoms with Crippen LogP contribution in [0.15, 0.2) is 36.4 Å². The van der Waals surface area contributed by atoms with Crippen LogP contribution >= 0.6 is 0 Å². The highest BCUT2D eigenvalue weighted by atomic mass is 16.5. The third kappa shape index (κ3) is 7.05. The fourth-order valence-corrected chi connectivity index (χ4v) is 4.95. The molecule has 1 aliphatic rings. The Morgan fingerprint density at radius 2 is 1.41 bits per heavy atom. The monoisotopic (exact) mass is 394 g/mol. The van der Waals surface area contributed by atoms with E-state index < -0.39 is 0 Å². The third-order valence-corrected chi connectivity index (χ3v) is 6.89. The van der Waals surface area contributed by atoms with E-state index in [0.29, 0.717) is 0 Å². The van der Waals surface area contributed by atoms with Crippen LogP contribution in [0.4, 0.5) is 0 Å². The second kappa shape index (κ2) is 12.3. The van der Waals surface area contributed by atoms with Gasteiger partial charge in [-0.1, -0.05) is 89.5 Å². The lowest BCUT2D eigenvalue weighted by atomic mass is 9.77. The highest BCUT2D eigenvalue weighted by molar-refractivity contribution is 5.84. The van der Waals surface area contributed by atoms with E-state index >= 15 is 0 Å². The zero-order valence-electron chi connectivity index (χ0n) is 18.9. The Morgan fingerprint density at radius 1 is 0.724 bits per heavy atom. The van der Waals surface area contributed by atoms with E-state index in [4.69, 9.17) is 4.74 Å². The fourth-order valence-electron chi connectivity index (χ4n) is 4.95. The van der Waals surface area contributed by atoms with Crippen molar-refractivity contribution < 1.29 is 4.74 Å². The summed E-state index contributed by atoms with van der Waals surface area (Å²) in [4.78, 5) is 0. The summed E-state index contributed by atoms with van der Waals surface area (Å²) in [6.45, 7) is 5.36.